The van der Waals surface area contributed by atoms with Crippen LogP contribution >= 0.6 is 0 Å². The first-order valence-corrected chi connectivity index (χ1v) is 7.60. The number of rotatable bonds is 8. The standard InChI is InChI=1S/C16H28N4O2/c1-6-17-16(18-10-11-20(3)7-2)19-13-8-9-14(21-4)15(12-13)22-5/h8-9,12H,6-7,10-11H2,1-5H3,(H2,17,18,19). The average Bonchev–Trinajstić information content (AvgIpc) is 2.54. The fourth-order valence-electron chi connectivity index (χ4n) is 1.85. The van der Waals surface area contributed by atoms with Crippen molar-refractivity contribution >= 4 is 11.6 Å². The molecule has 0 fully saturated rings. The second-order valence-electron chi connectivity index (χ2n) is 4.85. The number of ether oxygens (including phenoxy) is 2. The van der Waals surface area contributed by atoms with Crippen LogP contribution in [0.4, 0.5) is 5.69 Å². The Morgan fingerprint density at radius 2 is 1.91 bits per heavy atom. The molecule has 0 atom stereocenters. The zero-order valence-corrected chi connectivity index (χ0v) is 14.3. The number of anilines is 1. The Bertz CT molecular complexity index is 477. The highest BCUT2D eigenvalue weighted by Gasteiger charge is 2.06. The lowest BCUT2D eigenvalue weighted by atomic mass is 10.3. The molecule has 0 aliphatic heterocycles. The molecule has 0 aliphatic carbocycles. The van der Waals surface area contributed by atoms with Crippen molar-refractivity contribution in [3.8, 4) is 11.5 Å². The Balaban J connectivity index is 2.75. The summed E-state index contributed by atoms with van der Waals surface area (Å²) in [5.41, 5.74) is 0.904. The molecule has 1 aromatic rings. The summed E-state index contributed by atoms with van der Waals surface area (Å²) in [6, 6.07) is 5.70. The summed E-state index contributed by atoms with van der Waals surface area (Å²) in [5.74, 6) is 2.16. The van der Waals surface area contributed by atoms with Crippen LogP contribution in [-0.2, 0) is 0 Å². The predicted octanol–water partition coefficient (Wildman–Crippen LogP) is 2.03. The number of likely N-dealkylation sites (N-methyl/N-ethyl adjacent to an activating group) is 1. The zero-order valence-electron chi connectivity index (χ0n) is 14.3. The van der Waals surface area contributed by atoms with Crippen molar-refractivity contribution in [1.29, 1.82) is 0 Å². The summed E-state index contributed by atoms with van der Waals surface area (Å²) in [5, 5.41) is 6.52. The molecule has 0 bridgehead atoms. The van der Waals surface area contributed by atoms with Crippen molar-refractivity contribution in [3.63, 3.8) is 0 Å². The topological polar surface area (TPSA) is 58.1 Å². The molecule has 0 heterocycles. The van der Waals surface area contributed by atoms with Gasteiger partial charge >= 0.3 is 0 Å². The molecule has 0 unspecified atom stereocenters. The van der Waals surface area contributed by atoms with Gasteiger partial charge in [0.15, 0.2) is 17.5 Å². The molecule has 0 spiro atoms. The molecular weight excluding hydrogens is 280 g/mol. The van der Waals surface area contributed by atoms with Crippen LogP contribution in [0.15, 0.2) is 23.2 Å². The largest absolute Gasteiger partial charge is 0.493 e. The lowest BCUT2D eigenvalue weighted by Crippen LogP contribution is -2.32. The van der Waals surface area contributed by atoms with Crippen LogP contribution in [-0.4, -0.2) is 58.3 Å². The van der Waals surface area contributed by atoms with Crippen molar-refractivity contribution in [2.24, 2.45) is 4.99 Å². The first-order chi connectivity index (χ1) is 10.6. The molecule has 0 saturated carbocycles. The molecule has 2 N–H and O–H groups in total. The summed E-state index contributed by atoms with van der Waals surface area (Å²) in [4.78, 5) is 6.80. The van der Waals surface area contributed by atoms with Gasteiger partial charge in [-0.3, -0.25) is 4.99 Å². The van der Waals surface area contributed by atoms with Gasteiger partial charge in [0.25, 0.3) is 0 Å². The highest BCUT2D eigenvalue weighted by atomic mass is 16.5. The normalized spacial score (nSPS) is 11.5. The number of methoxy groups -OCH3 is 2. The Labute approximate surface area is 133 Å². The van der Waals surface area contributed by atoms with E-state index in [1.54, 1.807) is 14.2 Å². The van der Waals surface area contributed by atoms with Crippen molar-refractivity contribution in [2.45, 2.75) is 13.8 Å². The van der Waals surface area contributed by atoms with Gasteiger partial charge in [0.1, 0.15) is 0 Å². The number of hydrogen-bond donors (Lipinski definition) is 2. The van der Waals surface area contributed by atoms with Crippen molar-refractivity contribution in [1.82, 2.24) is 10.2 Å². The summed E-state index contributed by atoms with van der Waals surface area (Å²) >= 11 is 0. The van der Waals surface area contributed by atoms with Crippen LogP contribution < -0.4 is 20.1 Å². The van der Waals surface area contributed by atoms with E-state index in [4.69, 9.17) is 9.47 Å². The van der Waals surface area contributed by atoms with E-state index in [9.17, 15) is 0 Å². The first kappa shape index (κ1) is 18.1. The summed E-state index contributed by atoms with van der Waals surface area (Å²) in [6.07, 6.45) is 0. The highest BCUT2D eigenvalue weighted by Crippen LogP contribution is 2.29. The minimum Gasteiger partial charge on any atom is -0.493 e. The summed E-state index contributed by atoms with van der Waals surface area (Å²) < 4.78 is 10.6. The smallest absolute Gasteiger partial charge is 0.195 e. The Morgan fingerprint density at radius 3 is 2.50 bits per heavy atom. The number of nitrogens with one attached hydrogen (secondary N) is 2. The molecular formula is C16H28N4O2. The lowest BCUT2D eigenvalue weighted by Gasteiger charge is -2.15. The SMILES string of the molecule is CCNC(=NCCN(C)CC)Nc1ccc(OC)c(OC)c1. The van der Waals surface area contributed by atoms with Gasteiger partial charge in [-0.1, -0.05) is 6.92 Å². The Kier molecular flexibility index (Phi) is 8.14. The summed E-state index contributed by atoms with van der Waals surface area (Å²) in [7, 11) is 5.34. The number of benzene rings is 1. The van der Waals surface area contributed by atoms with Gasteiger partial charge in [0, 0.05) is 24.8 Å². The van der Waals surface area contributed by atoms with Crippen LogP contribution in [0, 0.1) is 0 Å². The molecule has 0 aromatic heterocycles. The molecule has 1 rings (SSSR count). The average molecular weight is 308 g/mol. The third-order valence-electron chi connectivity index (χ3n) is 3.28. The van der Waals surface area contributed by atoms with Gasteiger partial charge < -0.3 is 25.0 Å². The van der Waals surface area contributed by atoms with E-state index in [-0.39, 0.29) is 0 Å². The molecule has 6 nitrogen and oxygen atoms in total. The molecule has 0 aliphatic rings. The van der Waals surface area contributed by atoms with Crippen LogP contribution in [0.5, 0.6) is 11.5 Å². The van der Waals surface area contributed by atoms with E-state index >= 15 is 0 Å². The summed E-state index contributed by atoms with van der Waals surface area (Å²) in [6.45, 7) is 7.69. The molecule has 0 saturated heterocycles. The van der Waals surface area contributed by atoms with Gasteiger partial charge in [0.05, 0.1) is 20.8 Å². The Morgan fingerprint density at radius 1 is 1.18 bits per heavy atom. The van der Waals surface area contributed by atoms with Gasteiger partial charge in [-0.25, -0.2) is 0 Å². The predicted molar refractivity (Wildman–Crippen MR) is 92.3 cm³/mol. The molecule has 1 aromatic carbocycles. The van der Waals surface area contributed by atoms with E-state index in [0.29, 0.717) is 11.5 Å². The van der Waals surface area contributed by atoms with Gasteiger partial charge in [-0.05, 0) is 32.6 Å². The molecule has 124 valence electrons. The Hall–Kier alpha value is -1.95. The monoisotopic (exact) mass is 308 g/mol. The maximum atomic E-state index is 5.31. The molecule has 0 radical (unpaired) electrons. The second kappa shape index (κ2) is 9.89. The van der Waals surface area contributed by atoms with Crippen LogP contribution in [0.3, 0.4) is 0 Å². The zero-order chi connectivity index (χ0) is 16.4. The maximum Gasteiger partial charge on any atom is 0.195 e. The number of hydrogen-bond acceptors (Lipinski definition) is 4. The van der Waals surface area contributed by atoms with Gasteiger partial charge in [-0.15, -0.1) is 0 Å². The van der Waals surface area contributed by atoms with E-state index in [0.717, 1.165) is 37.8 Å². The minimum absolute atomic E-state index is 0.689. The van der Waals surface area contributed by atoms with Gasteiger partial charge in [0.2, 0.25) is 0 Å². The molecule has 6 heteroatoms. The quantitative estimate of drug-likeness (QED) is 0.568. The fraction of sp³-hybridized carbons (Fsp3) is 0.562. The minimum atomic E-state index is 0.689. The third-order valence-corrected chi connectivity index (χ3v) is 3.28. The van der Waals surface area contributed by atoms with E-state index in [2.05, 4.69) is 34.5 Å². The van der Waals surface area contributed by atoms with E-state index < -0.39 is 0 Å². The number of guanidine groups is 1. The van der Waals surface area contributed by atoms with E-state index in [1.165, 1.54) is 0 Å². The van der Waals surface area contributed by atoms with Crippen molar-refractivity contribution in [2.75, 3.05) is 52.8 Å². The number of nitrogens with zero attached hydrogens (tertiary/aromatic N) is 2. The van der Waals surface area contributed by atoms with Gasteiger partial charge in [-0.2, -0.15) is 0 Å². The van der Waals surface area contributed by atoms with Crippen LogP contribution in [0.2, 0.25) is 0 Å². The van der Waals surface area contributed by atoms with Crippen molar-refractivity contribution in [3.05, 3.63) is 18.2 Å². The third kappa shape index (κ3) is 5.81. The molecule has 0 amide bonds. The maximum absolute atomic E-state index is 5.31. The van der Waals surface area contributed by atoms with Crippen LogP contribution in [0.25, 0.3) is 0 Å². The lowest BCUT2D eigenvalue weighted by molar-refractivity contribution is 0.355. The molecule has 22 heavy (non-hydrogen) atoms. The second-order valence-corrected chi connectivity index (χ2v) is 4.85. The highest BCUT2D eigenvalue weighted by molar-refractivity contribution is 5.93. The fourth-order valence-corrected chi connectivity index (χ4v) is 1.85. The van der Waals surface area contributed by atoms with Crippen molar-refractivity contribution < 1.29 is 9.47 Å². The first-order valence-electron chi connectivity index (χ1n) is 7.60. The van der Waals surface area contributed by atoms with E-state index in [1.807, 2.05) is 25.1 Å². The van der Waals surface area contributed by atoms with Crippen LogP contribution in [0.1, 0.15) is 13.8 Å². The number of aliphatic imine (C=N–C) groups is 1.